The van der Waals surface area contributed by atoms with Crippen LogP contribution in [0.15, 0.2) is 29.2 Å². The molecule has 0 aromatic heterocycles. The Labute approximate surface area is 188 Å². The second-order valence-electron chi connectivity index (χ2n) is 9.74. The number of carbonyl (C=O) groups is 1. The molecule has 0 radical (unpaired) electrons. The van der Waals surface area contributed by atoms with Crippen LogP contribution in [0, 0.1) is 11.8 Å². The molecule has 1 amide bonds. The maximum absolute atomic E-state index is 13.3. The second-order valence-corrected chi connectivity index (χ2v) is 12.3. The van der Waals surface area contributed by atoms with E-state index in [0.717, 1.165) is 37.8 Å². The lowest BCUT2D eigenvalue weighted by molar-refractivity contribution is -0.420. The van der Waals surface area contributed by atoms with E-state index in [1.165, 1.54) is 12.5 Å². The minimum Gasteiger partial charge on any atom is -0.347 e. The molecular formula is C23H34F3N2O3S+. The Morgan fingerprint density at radius 1 is 1.06 bits per heavy atom. The predicted octanol–water partition coefficient (Wildman–Crippen LogP) is 3.69. The highest BCUT2D eigenvalue weighted by Gasteiger charge is 2.45. The Balaban J connectivity index is 1.69. The quantitative estimate of drug-likeness (QED) is 0.705. The monoisotopic (exact) mass is 475 g/mol. The Kier molecular flexibility index (Phi) is 7.29. The van der Waals surface area contributed by atoms with Gasteiger partial charge in [-0.15, -0.1) is 0 Å². The molecule has 3 N–H and O–H groups in total. The summed E-state index contributed by atoms with van der Waals surface area (Å²) in [6.07, 6.45) is 1.91. The van der Waals surface area contributed by atoms with Gasteiger partial charge < -0.3 is 10.6 Å². The van der Waals surface area contributed by atoms with Crippen LogP contribution < -0.4 is 5.73 Å². The van der Waals surface area contributed by atoms with Crippen LogP contribution in [-0.4, -0.2) is 43.1 Å². The minimum absolute atomic E-state index is 0.0360. The van der Waals surface area contributed by atoms with E-state index in [9.17, 15) is 26.4 Å². The zero-order valence-electron chi connectivity index (χ0n) is 18.8. The lowest BCUT2D eigenvalue weighted by atomic mass is 9.82. The van der Waals surface area contributed by atoms with Crippen molar-refractivity contribution in [3.05, 3.63) is 29.8 Å². The number of hydrogen-bond donors (Lipinski definition) is 1. The maximum Gasteiger partial charge on any atom is 0.416 e. The first-order chi connectivity index (χ1) is 14.9. The van der Waals surface area contributed by atoms with Crippen molar-refractivity contribution in [2.24, 2.45) is 11.8 Å². The van der Waals surface area contributed by atoms with Crippen LogP contribution in [0.1, 0.15) is 64.4 Å². The third kappa shape index (κ3) is 4.98. The van der Waals surface area contributed by atoms with E-state index in [1.54, 1.807) is 18.7 Å². The van der Waals surface area contributed by atoms with Gasteiger partial charge in [0.25, 0.3) is 5.91 Å². The first-order valence-corrected chi connectivity index (χ1v) is 12.9. The SMILES string of the molecule is CC(C)(C1CCN(C(=O)[C@H]([NH3+])C2CCCCC2)CC1)S(=O)(=O)c1cccc(C(F)(F)F)c1. The van der Waals surface area contributed by atoms with Gasteiger partial charge >= 0.3 is 6.18 Å². The summed E-state index contributed by atoms with van der Waals surface area (Å²) in [6, 6.07) is 3.67. The number of alkyl halides is 3. The van der Waals surface area contributed by atoms with Gasteiger partial charge in [-0.25, -0.2) is 8.42 Å². The lowest BCUT2D eigenvalue weighted by Crippen LogP contribution is -2.71. The van der Waals surface area contributed by atoms with Gasteiger partial charge in [-0.05, 0) is 63.6 Å². The highest BCUT2D eigenvalue weighted by molar-refractivity contribution is 7.92. The summed E-state index contributed by atoms with van der Waals surface area (Å²) in [6.45, 7) is 4.06. The summed E-state index contributed by atoms with van der Waals surface area (Å²) < 4.78 is 64.6. The third-order valence-electron chi connectivity index (χ3n) is 7.49. The number of quaternary nitrogens is 1. The van der Waals surface area contributed by atoms with Crippen molar-refractivity contribution in [3.8, 4) is 0 Å². The van der Waals surface area contributed by atoms with Crippen LogP contribution in [0.5, 0.6) is 0 Å². The Bertz CT molecular complexity index is 917. The topological polar surface area (TPSA) is 82.1 Å². The number of amides is 1. The average molecular weight is 476 g/mol. The van der Waals surface area contributed by atoms with E-state index >= 15 is 0 Å². The second kappa shape index (κ2) is 9.33. The van der Waals surface area contributed by atoms with Crippen LogP contribution >= 0.6 is 0 Å². The molecule has 9 heteroatoms. The zero-order valence-corrected chi connectivity index (χ0v) is 19.6. The smallest absolute Gasteiger partial charge is 0.347 e. The van der Waals surface area contributed by atoms with Gasteiger partial charge in [0.2, 0.25) is 0 Å². The number of hydrogen-bond acceptors (Lipinski definition) is 3. The number of benzene rings is 1. The van der Waals surface area contributed by atoms with E-state index in [4.69, 9.17) is 0 Å². The van der Waals surface area contributed by atoms with E-state index in [2.05, 4.69) is 5.73 Å². The standard InChI is InChI=1S/C23H33F3N2O3S/c1-22(2,32(30,31)19-10-6-9-18(15-19)23(24,25)26)17-11-13-28(14-12-17)21(29)20(27)16-7-4-3-5-8-16/h6,9-10,15-17,20H,3-5,7-8,11-14,27H2,1-2H3/p+1/t20-/m1/s1. The van der Waals surface area contributed by atoms with Crippen molar-refractivity contribution >= 4 is 15.7 Å². The zero-order chi connectivity index (χ0) is 23.7. The Hall–Kier alpha value is -1.61. The lowest BCUT2D eigenvalue weighted by Gasteiger charge is -2.41. The van der Waals surface area contributed by atoms with Crippen molar-refractivity contribution in [1.82, 2.24) is 4.90 Å². The summed E-state index contributed by atoms with van der Waals surface area (Å²) >= 11 is 0. The number of halogens is 3. The molecule has 1 saturated carbocycles. The van der Waals surface area contributed by atoms with Crippen LogP contribution in [0.25, 0.3) is 0 Å². The molecule has 0 unspecified atom stereocenters. The first kappa shape index (κ1) is 25.0. The van der Waals surface area contributed by atoms with Crippen LogP contribution in [-0.2, 0) is 20.8 Å². The average Bonchev–Trinajstić information content (AvgIpc) is 2.78. The number of rotatable bonds is 5. The number of likely N-dealkylation sites (tertiary alicyclic amines) is 1. The number of piperidine rings is 1. The molecule has 32 heavy (non-hydrogen) atoms. The molecule has 1 heterocycles. The number of carbonyl (C=O) groups excluding carboxylic acids is 1. The Morgan fingerprint density at radius 3 is 2.22 bits per heavy atom. The van der Waals surface area contributed by atoms with Crippen molar-refractivity contribution < 1.29 is 32.1 Å². The van der Waals surface area contributed by atoms with Crippen LogP contribution in [0.2, 0.25) is 0 Å². The molecule has 3 rings (SSSR count). The molecule has 1 aromatic rings. The van der Waals surface area contributed by atoms with Gasteiger partial charge in [-0.2, -0.15) is 13.2 Å². The third-order valence-corrected chi connectivity index (χ3v) is 10.1. The fourth-order valence-electron chi connectivity index (χ4n) is 5.13. The Morgan fingerprint density at radius 2 is 1.66 bits per heavy atom. The van der Waals surface area contributed by atoms with Crippen molar-refractivity contribution in [2.45, 2.75) is 80.7 Å². The van der Waals surface area contributed by atoms with Crippen molar-refractivity contribution in [3.63, 3.8) is 0 Å². The highest BCUT2D eigenvalue weighted by Crippen LogP contribution is 2.39. The highest BCUT2D eigenvalue weighted by atomic mass is 32.2. The summed E-state index contributed by atoms with van der Waals surface area (Å²) in [5.74, 6) is 0.0876. The molecule has 1 saturated heterocycles. The van der Waals surface area contributed by atoms with Crippen molar-refractivity contribution in [1.29, 1.82) is 0 Å². The molecule has 1 aliphatic heterocycles. The molecule has 2 fully saturated rings. The minimum atomic E-state index is -4.61. The molecule has 1 aromatic carbocycles. The van der Waals surface area contributed by atoms with E-state index in [0.29, 0.717) is 37.9 Å². The first-order valence-electron chi connectivity index (χ1n) is 11.4. The van der Waals surface area contributed by atoms with Gasteiger partial charge in [-0.3, -0.25) is 4.79 Å². The maximum atomic E-state index is 13.3. The van der Waals surface area contributed by atoms with E-state index in [-0.39, 0.29) is 22.8 Å². The molecular weight excluding hydrogens is 441 g/mol. The number of nitrogens with zero attached hydrogens (tertiary/aromatic N) is 1. The molecule has 5 nitrogen and oxygen atoms in total. The summed E-state index contributed by atoms with van der Waals surface area (Å²) in [4.78, 5) is 14.4. The summed E-state index contributed by atoms with van der Waals surface area (Å²) in [7, 11) is -4.01. The molecule has 1 aliphatic carbocycles. The van der Waals surface area contributed by atoms with Gasteiger partial charge in [-0.1, -0.05) is 25.3 Å². The molecule has 1 atom stereocenters. The summed E-state index contributed by atoms with van der Waals surface area (Å²) in [5, 5.41) is 0. The largest absolute Gasteiger partial charge is 0.416 e. The fraction of sp³-hybridized carbons (Fsp3) is 0.696. The van der Waals surface area contributed by atoms with Crippen molar-refractivity contribution in [2.75, 3.05) is 13.1 Å². The normalized spacial score (nSPS) is 20.9. The number of sulfone groups is 1. The van der Waals surface area contributed by atoms with Crippen LogP contribution in [0.4, 0.5) is 13.2 Å². The fourth-order valence-corrected chi connectivity index (χ4v) is 6.95. The van der Waals surface area contributed by atoms with E-state index < -0.39 is 26.3 Å². The molecule has 0 bridgehead atoms. The van der Waals surface area contributed by atoms with Gasteiger partial charge in [0.05, 0.1) is 15.2 Å². The summed E-state index contributed by atoms with van der Waals surface area (Å²) in [5.41, 5.74) is 3.16. The van der Waals surface area contributed by atoms with E-state index in [1.807, 2.05) is 0 Å². The van der Waals surface area contributed by atoms with Gasteiger partial charge in [0.1, 0.15) is 0 Å². The molecule has 2 aliphatic rings. The van der Waals surface area contributed by atoms with Gasteiger partial charge in [0.15, 0.2) is 15.9 Å². The molecule has 180 valence electrons. The predicted molar refractivity (Wildman–Crippen MR) is 115 cm³/mol. The van der Waals surface area contributed by atoms with Gasteiger partial charge in [0, 0.05) is 19.0 Å². The molecule has 0 spiro atoms. The van der Waals surface area contributed by atoms with Crippen LogP contribution in [0.3, 0.4) is 0 Å².